The Morgan fingerprint density at radius 2 is 2.14 bits per heavy atom. The largest absolute Gasteiger partial charge is 0.338 e. The number of amides is 1. The van der Waals surface area contributed by atoms with Crippen molar-refractivity contribution in [1.29, 1.82) is 0 Å². The lowest BCUT2D eigenvalue weighted by atomic mass is 9.81. The number of nitrogens with one attached hydrogen (secondary N) is 2. The van der Waals surface area contributed by atoms with E-state index in [0.29, 0.717) is 18.0 Å². The maximum Gasteiger partial charge on any atom is 0.257 e. The number of aryl methyl sites for hydroxylation is 1. The third-order valence-electron chi connectivity index (χ3n) is 6.09. The van der Waals surface area contributed by atoms with Crippen molar-refractivity contribution in [3.63, 3.8) is 0 Å². The quantitative estimate of drug-likeness (QED) is 0.812. The van der Waals surface area contributed by atoms with Gasteiger partial charge in [-0.15, -0.1) is 0 Å². The van der Waals surface area contributed by atoms with Crippen molar-refractivity contribution in [2.75, 3.05) is 19.6 Å². The average molecular weight is 397 g/mol. The normalized spacial score (nSPS) is 24.6. The zero-order valence-electron chi connectivity index (χ0n) is 16.8. The molecule has 1 aromatic carbocycles. The predicted octanol–water partition coefficient (Wildman–Crippen LogP) is 2.68. The number of halogens is 1. The zero-order valence-corrected chi connectivity index (χ0v) is 16.8. The molecule has 4 rings (SSSR count). The Labute approximate surface area is 170 Å². The van der Waals surface area contributed by atoms with Crippen LogP contribution in [-0.4, -0.2) is 46.5 Å². The summed E-state index contributed by atoms with van der Waals surface area (Å²) >= 11 is 0. The molecule has 1 amide bonds. The van der Waals surface area contributed by atoms with Crippen molar-refractivity contribution >= 4 is 5.91 Å². The number of hydrogen-bond donors (Lipinski definition) is 2. The smallest absolute Gasteiger partial charge is 0.257 e. The molecule has 2 fully saturated rings. The van der Waals surface area contributed by atoms with Crippen LogP contribution in [-0.2, 0) is 6.42 Å². The number of benzene rings is 1. The molecule has 2 aromatic rings. The van der Waals surface area contributed by atoms with Crippen molar-refractivity contribution in [3.05, 3.63) is 59.4 Å². The maximum atomic E-state index is 13.3. The molecule has 0 aliphatic carbocycles. The summed E-state index contributed by atoms with van der Waals surface area (Å²) in [6.07, 6.45) is 6.93. The summed E-state index contributed by atoms with van der Waals surface area (Å²) in [5, 5.41) is 0. The lowest BCUT2D eigenvalue weighted by Gasteiger charge is -2.37. The van der Waals surface area contributed by atoms with Crippen molar-refractivity contribution in [3.8, 4) is 0 Å². The molecule has 2 aliphatic rings. The fourth-order valence-corrected chi connectivity index (χ4v) is 4.62. The molecule has 29 heavy (non-hydrogen) atoms. The highest BCUT2D eigenvalue weighted by molar-refractivity contribution is 5.95. The summed E-state index contributed by atoms with van der Waals surface area (Å²) < 4.78 is 13.3. The first-order valence-corrected chi connectivity index (χ1v) is 10.5. The highest BCUT2D eigenvalue weighted by Gasteiger charge is 2.38. The van der Waals surface area contributed by atoms with E-state index in [2.05, 4.69) is 27.7 Å². The fourth-order valence-electron chi connectivity index (χ4n) is 4.62. The summed E-state index contributed by atoms with van der Waals surface area (Å²) in [4.78, 5) is 23.6. The van der Waals surface area contributed by atoms with Crippen LogP contribution < -0.4 is 10.9 Å². The molecule has 6 nitrogen and oxygen atoms in total. The Hall–Kier alpha value is -2.38. The van der Waals surface area contributed by atoms with E-state index in [-0.39, 0.29) is 23.7 Å². The van der Waals surface area contributed by atoms with Gasteiger partial charge in [0.25, 0.3) is 5.91 Å². The standard InChI is InChI=1S/C22H28FN5O/c1-2-4-20-19(11-24-14-25-20)22(29)28-10-3-5-16(13-28)21-18(12-26-27-21)15-6-8-17(23)9-7-15/h6-9,11,14,16,18,21,26-27H,2-5,10,12-13H2,1H3. The first-order chi connectivity index (χ1) is 14.2. The van der Waals surface area contributed by atoms with Gasteiger partial charge in [-0.25, -0.2) is 14.4 Å². The molecule has 154 valence electrons. The van der Waals surface area contributed by atoms with E-state index in [1.165, 1.54) is 18.5 Å². The van der Waals surface area contributed by atoms with Crippen LogP contribution in [0.25, 0.3) is 0 Å². The Balaban J connectivity index is 1.49. The van der Waals surface area contributed by atoms with E-state index in [1.807, 2.05) is 17.0 Å². The molecule has 2 saturated heterocycles. The molecular weight excluding hydrogens is 369 g/mol. The number of carbonyl (C=O) groups is 1. The third kappa shape index (κ3) is 4.31. The summed E-state index contributed by atoms with van der Waals surface area (Å²) in [5.41, 5.74) is 9.27. The van der Waals surface area contributed by atoms with Crippen LogP contribution in [0.3, 0.4) is 0 Å². The first-order valence-electron chi connectivity index (χ1n) is 10.5. The van der Waals surface area contributed by atoms with Gasteiger partial charge in [-0.2, -0.15) is 0 Å². The van der Waals surface area contributed by atoms with Crippen LogP contribution in [0.5, 0.6) is 0 Å². The Morgan fingerprint density at radius 3 is 2.93 bits per heavy atom. The van der Waals surface area contributed by atoms with Crippen molar-refractivity contribution in [1.82, 2.24) is 25.7 Å². The van der Waals surface area contributed by atoms with Gasteiger partial charge in [0.2, 0.25) is 0 Å². The van der Waals surface area contributed by atoms with Gasteiger partial charge in [0.15, 0.2) is 0 Å². The van der Waals surface area contributed by atoms with E-state index in [0.717, 1.165) is 50.0 Å². The number of nitrogens with zero attached hydrogens (tertiary/aromatic N) is 3. The van der Waals surface area contributed by atoms with Crippen LogP contribution in [0.4, 0.5) is 4.39 Å². The van der Waals surface area contributed by atoms with Crippen molar-refractivity contribution in [2.45, 2.75) is 44.6 Å². The number of hydrazine groups is 1. The zero-order chi connectivity index (χ0) is 20.2. The highest BCUT2D eigenvalue weighted by atomic mass is 19.1. The maximum absolute atomic E-state index is 13.3. The molecule has 3 heterocycles. The monoisotopic (exact) mass is 397 g/mol. The molecule has 2 aliphatic heterocycles. The number of likely N-dealkylation sites (tertiary alicyclic amines) is 1. The van der Waals surface area contributed by atoms with Crippen LogP contribution in [0, 0.1) is 11.7 Å². The second-order valence-electron chi connectivity index (χ2n) is 8.00. The van der Waals surface area contributed by atoms with Crippen molar-refractivity contribution < 1.29 is 9.18 Å². The van der Waals surface area contributed by atoms with Gasteiger partial charge in [0.1, 0.15) is 12.1 Å². The highest BCUT2D eigenvalue weighted by Crippen LogP contribution is 2.32. The molecule has 0 radical (unpaired) electrons. The molecule has 3 unspecified atom stereocenters. The van der Waals surface area contributed by atoms with Gasteiger partial charge < -0.3 is 4.90 Å². The summed E-state index contributed by atoms with van der Waals surface area (Å²) in [6, 6.07) is 6.98. The van der Waals surface area contributed by atoms with Gasteiger partial charge in [-0.05, 0) is 42.9 Å². The Kier molecular flexibility index (Phi) is 6.16. The van der Waals surface area contributed by atoms with Crippen LogP contribution in [0.1, 0.15) is 53.7 Å². The fraction of sp³-hybridized carbons (Fsp3) is 0.500. The van der Waals surface area contributed by atoms with E-state index >= 15 is 0 Å². The molecule has 0 saturated carbocycles. The topological polar surface area (TPSA) is 70.2 Å². The minimum Gasteiger partial charge on any atom is -0.338 e. The van der Waals surface area contributed by atoms with Crippen LogP contribution >= 0.6 is 0 Å². The third-order valence-corrected chi connectivity index (χ3v) is 6.09. The van der Waals surface area contributed by atoms with Gasteiger partial charge in [0.05, 0.1) is 11.3 Å². The molecular formula is C22H28FN5O. The predicted molar refractivity (Wildman–Crippen MR) is 109 cm³/mol. The Morgan fingerprint density at radius 1 is 1.31 bits per heavy atom. The molecule has 3 atom stereocenters. The van der Waals surface area contributed by atoms with E-state index in [4.69, 9.17) is 0 Å². The first kappa shape index (κ1) is 19.9. The van der Waals surface area contributed by atoms with E-state index < -0.39 is 0 Å². The summed E-state index contributed by atoms with van der Waals surface area (Å²) in [5.74, 6) is 0.401. The van der Waals surface area contributed by atoms with Gasteiger partial charge in [-0.1, -0.05) is 25.5 Å². The summed E-state index contributed by atoms with van der Waals surface area (Å²) in [6.45, 7) is 4.35. The number of rotatable bonds is 5. The van der Waals surface area contributed by atoms with Crippen LogP contribution in [0.15, 0.2) is 36.8 Å². The van der Waals surface area contributed by atoms with Gasteiger partial charge in [-0.3, -0.25) is 15.6 Å². The lowest BCUT2D eigenvalue weighted by Crippen LogP contribution is -2.48. The van der Waals surface area contributed by atoms with Crippen LogP contribution in [0.2, 0.25) is 0 Å². The second-order valence-corrected chi connectivity index (χ2v) is 8.00. The number of aromatic nitrogens is 2. The number of piperidine rings is 1. The number of hydrogen-bond acceptors (Lipinski definition) is 5. The second kappa shape index (κ2) is 8.97. The minimum atomic E-state index is -0.216. The molecule has 1 aromatic heterocycles. The Bertz CT molecular complexity index is 843. The van der Waals surface area contributed by atoms with Gasteiger partial charge >= 0.3 is 0 Å². The minimum absolute atomic E-state index is 0.0306. The molecule has 0 bridgehead atoms. The molecule has 0 spiro atoms. The number of carbonyl (C=O) groups excluding carboxylic acids is 1. The molecule has 2 N–H and O–H groups in total. The summed E-state index contributed by atoms with van der Waals surface area (Å²) in [7, 11) is 0. The average Bonchev–Trinajstić information content (AvgIpc) is 3.24. The van der Waals surface area contributed by atoms with E-state index in [1.54, 1.807) is 6.20 Å². The SMILES string of the molecule is CCCc1ncncc1C(=O)N1CCCC(C2NNCC2c2ccc(F)cc2)C1. The van der Waals surface area contributed by atoms with Gasteiger partial charge in [0, 0.05) is 37.8 Å². The molecule has 7 heteroatoms. The lowest BCUT2D eigenvalue weighted by molar-refractivity contribution is 0.0642. The van der Waals surface area contributed by atoms with Crippen molar-refractivity contribution in [2.24, 2.45) is 5.92 Å². The van der Waals surface area contributed by atoms with E-state index in [9.17, 15) is 9.18 Å².